The fourth-order valence-electron chi connectivity index (χ4n) is 7.66. The van der Waals surface area contributed by atoms with Gasteiger partial charge >= 0.3 is 0 Å². The quantitative estimate of drug-likeness (QED) is 0.0575. The van der Waals surface area contributed by atoms with Crippen LogP contribution in [0.3, 0.4) is 0 Å². The monoisotopic (exact) mass is 1060 g/mol. The SMILES string of the molecule is CCCCc1cc(CCCC)c(OPC(C)(C)c2ccc(CC(C)C)cc2)c(-c2c(C)c(I)cc(I)c2OPC(C)(CC)Oc2cccc3c(C(C)C)ccnc23)c1C. The van der Waals surface area contributed by atoms with E-state index in [1.54, 1.807) is 0 Å². The topological polar surface area (TPSA) is 40.6 Å². The van der Waals surface area contributed by atoms with E-state index in [0.29, 0.717) is 11.8 Å². The molecule has 0 fully saturated rings. The Balaban J connectivity index is 1.62. The largest absolute Gasteiger partial charge is 0.478 e. The summed E-state index contributed by atoms with van der Waals surface area (Å²) in [5.74, 6) is 3.75. The molecular formula is C51H67I2NO3P2. The van der Waals surface area contributed by atoms with Crippen LogP contribution in [0.2, 0.25) is 0 Å². The van der Waals surface area contributed by atoms with Gasteiger partial charge in [-0.25, -0.2) is 0 Å². The van der Waals surface area contributed by atoms with Crippen LogP contribution in [0.25, 0.3) is 22.0 Å². The molecule has 1 heterocycles. The maximum absolute atomic E-state index is 7.31. The molecule has 4 aromatic carbocycles. The number of benzene rings is 4. The second-order valence-electron chi connectivity index (χ2n) is 17.6. The first-order chi connectivity index (χ1) is 28.0. The number of aromatic nitrogens is 1. The number of fused-ring (bicyclic) bond motifs is 1. The molecule has 5 aromatic rings. The van der Waals surface area contributed by atoms with E-state index in [0.717, 1.165) is 88.7 Å². The van der Waals surface area contributed by atoms with E-state index in [1.165, 1.54) is 48.1 Å². The van der Waals surface area contributed by atoms with Gasteiger partial charge in [0.25, 0.3) is 0 Å². The van der Waals surface area contributed by atoms with Crippen molar-refractivity contribution in [3.63, 3.8) is 0 Å². The second-order valence-corrected chi connectivity index (χ2v) is 23.1. The van der Waals surface area contributed by atoms with E-state index in [1.807, 2.05) is 6.20 Å². The Hall–Kier alpha value is -1.99. The lowest BCUT2D eigenvalue weighted by molar-refractivity contribution is 0.172. The molecule has 318 valence electrons. The Labute approximate surface area is 387 Å². The van der Waals surface area contributed by atoms with Gasteiger partial charge in [0, 0.05) is 31.4 Å². The number of halogens is 2. The van der Waals surface area contributed by atoms with Crippen LogP contribution in [0.1, 0.15) is 146 Å². The van der Waals surface area contributed by atoms with Crippen LogP contribution in [-0.4, -0.2) is 10.3 Å². The highest BCUT2D eigenvalue weighted by molar-refractivity contribution is 14.1. The Bertz CT molecular complexity index is 2200. The summed E-state index contributed by atoms with van der Waals surface area (Å²) in [5.41, 5.74) is 12.4. The molecule has 59 heavy (non-hydrogen) atoms. The fourth-order valence-corrected chi connectivity index (χ4v) is 11.4. The number of para-hydroxylation sites is 1. The van der Waals surface area contributed by atoms with E-state index in [-0.39, 0.29) is 22.8 Å². The molecule has 0 spiro atoms. The van der Waals surface area contributed by atoms with Crippen molar-refractivity contribution in [2.24, 2.45) is 5.92 Å². The Morgan fingerprint density at radius 3 is 2.00 bits per heavy atom. The first-order valence-corrected chi connectivity index (χ1v) is 25.7. The molecule has 0 aliphatic heterocycles. The lowest BCUT2D eigenvalue weighted by Crippen LogP contribution is -2.27. The van der Waals surface area contributed by atoms with Gasteiger partial charge in [0.15, 0.2) is 5.34 Å². The van der Waals surface area contributed by atoms with Crippen molar-refractivity contribution in [2.45, 2.75) is 151 Å². The standard InChI is InChI=1S/C51H67I2NO3P2/c1-13-16-19-37-30-38(20-17-14-2)48(56-58-50(10,11)39-25-23-36(24-26-39)29-32(4)5)45(34(37)8)46-35(9)42(52)31-43(53)49(46)57-59-51(12,15-3)55-44-22-18-21-41-40(33(6)7)27-28-54-47(41)44/h18,21-28,30-33,58-59H,13-17,19-20,29H2,1-12H3. The van der Waals surface area contributed by atoms with Gasteiger partial charge in [0.2, 0.25) is 0 Å². The van der Waals surface area contributed by atoms with Crippen molar-refractivity contribution in [3.05, 3.63) is 113 Å². The van der Waals surface area contributed by atoms with E-state index in [9.17, 15) is 0 Å². The summed E-state index contributed by atoms with van der Waals surface area (Å²) in [4.78, 5) is 4.82. The fraction of sp³-hybridized carbons (Fsp3) is 0.471. The second kappa shape index (κ2) is 21.4. The van der Waals surface area contributed by atoms with Gasteiger partial charge in [-0.2, -0.15) is 0 Å². The lowest BCUT2D eigenvalue weighted by atomic mass is 9.87. The molecule has 0 bridgehead atoms. The molecule has 8 heteroatoms. The zero-order chi connectivity index (χ0) is 43.1. The van der Waals surface area contributed by atoms with Crippen molar-refractivity contribution in [2.75, 3.05) is 0 Å². The average molecular weight is 1060 g/mol. The van der Waals surface area contributed by atoms with E-state index < -0.39 is 5.34 Å². The molecule has 0 radical (unpaired) electrons. The minimum atomic E-state index is -0.583. The van der Waals surface area contributed by atoms with E-state index in [2.05, 4.69) is 189 Å². The van der Waals surface area contributed by atoms with Crippen molar-refractivity contribution >= 4 is 73.7 Å². The van der Waals surface area contributed by atoms with Gasteiger partial charge < -0.3 is 13.8 Å². The molecule has 0 aliphatic rings. The predicted molar refractivity (Wildman–Crippen MR) is 275 cm³/mol. The number of aryl methyl sites for hydroxylation is 2. The molecule has 5 rings (SSSR count). The minimum absolute atomic E-state index is 0.0359. The smallest absolute Gasteiger partial charge is 0.157 e. The minimum Gasteiger partial charge on any atom is -0.478 e. The zero-order valence-electron chi connectivity index (χ0n) is 37.6. The molecule has 0 amide bonds. The van der Waals surface area contributed by atoms with Gasteiger partial charge in [-0.05, 0) is 187 Å². The lowest BCUT2D eigenvalue weighted by Gasteiger charge is -2.31. The molecule has 0 saturated heterocycles. The summed E-state index contributed by atoms with van der Waals surface area (Å²) in [6.07, 6.45) is 10.3. The molecule has 3 atom stereocenters. The Morgan fingerprint density at radius 2 is 1.37 bits per heavy atom. The number of hydrogen-bond acceptors (Lipinski definition) is 4. The van der Waals surface area contributed by atoms with Gasteiger partial charge in [-0.3, -0.25) is 4.98 Å². The number of unbranched alkanes of at least 4 members (excludes halogenated alkanes) is 2. The number of ether oxygens (including phenoxy) is 1. The van der Waals surface area contributed by atoms with Crippen molar-refractivity contribution in [1.82, 2.24) is 4.98 Å². The molecular weight excluding hydrogens is 990 g/mol. The van der Waals surface area contributed by atoms with Crippen LogP contribution in [0, 0.1) is 26.9 Å². The maximum atomic E-state index is 7.31. The molecule has 4 nitrogen and oxygen atoms in total. The van der Waals surface area contributed by atoms with Crippen LogP contribution in [-0.2, 0) is 24.4 Å². The number of hydrogen-bond donors (Lipinski definition) is 0. The summed E-state index contributed by atoms with van der Waals surface area (Å²) in [7, 11) is 0.263. The maximum Gasteiger partial charge on any atom is 0.157 e. The van der Waals surface area contributed by atoms with E-state index in [4.69, 9.17) is 18.8 Å². The summed E-state index contributed by atoms with van der Waals surface area (Å²) in [6.45, 7) is 27.2. The van der Waals surface area contributed by atoms with E-state index >= 15 is 0 Å². The summed E-state index contributed by atoms with van der Waals surface area (Å²) < 4.78 is 23.8. The van der Waals surface area contributed by atoms with Crippen molar-refractivity contribution in [3.8, 4) is 28.4 Å². The number of nitrogens with zero attached hydrogens (tertiary/aromatic N) is 1. The molecule has 1 aromatic heterocycles. The van der Waals surface area contributed by atoms with Crippen LogP contribution < -0.4 is 13.8 Å². The Morgan fingerprint density at radius 1 is 0.729 bits per heavy atom. The van der Waals surface area contributed by atoms with Gasteiger partial charge in [-0.15, -0.1) is 0 Å². The third kappa shape index (κ3) is 11.7. The molecule has 0 N–H and O–H groups in total. The highest BCUT2D eigenvalue weighted by atomic mass is 127. The van der Waals surface area contributed by atoms with Gasteiger partial charge in [0.1, 0.15) is 31.6 Å². The Kier molecular flexibility index (Phi) is 17.4. The van der Waals surface area contributed by atoms with Crippen LogP contribution in [0.5, 0.6) is 17.2 Å². The highest BCUT2D eigenvalue weighted by Crippen LogP contribution is 2.53. The zero-order valence-corrected chi connectivity index (χ0v) is 43.9. The average Bonchev–Trinajstić information content (AvgIpc) is 3.20. The predicted octanol–water partition coefficient (Wildman–Crippen LogP) is 16.8. The summed E-state index contributed by atoms with van der Waals surface area (Å²) in [5, 5.41) is 0.386. The van der Waals surface area contributed by atoms with Crippen LogP contribution in [0.15, 0.2) is 66.9 Å². The molecule has 0 aliphatic carbocycles. The highest BCUT2D eigenvalue weighted by Gasteiger charge is 2.32. The van der Waals surface area contributed by atoms with Gasteiger partial charge in [0.05, 0.1) is 12.4 Å². The molecule has 0 saturated carbocycles. The third-order valence-corrected chi connectivity index (χ3v) is 15.7. The van der Waals surface area contributed by atoms with Crippen molar-refractivity contribution < 1.29 is 13.8 Å². The first-order valence-electron chi connectivity index (χ1n) is 21.7. The number of rotatable bonds is 20. The normalized spacial score (nSPS) is 13.4. The first kappa shape index (κ1) is 48.0. The van der Waals surface area contributed by atoms with Gasteiger partial charge in [-0.1, -0.05) is 104 Å². The number of pyridine rings is 1. The van der Waals surface area contributed by atoms with Crippen LogP contribution >= 0.6 is 62.8 Å². The summed E-state index contributed by atoms with van der Waals surface area (Å²) in [6, 6.07) is 22.4. The third-order valence-electron chi connectivity index (χ3n) is 11.5. The molecule has 3 unspecified atom stereocenters. The van der Waals surface area contributed by atoms with Crippen molar-refractivity contribution in [1.29, 1.82) is 0 Å². The summed E-state index contributed by atoms with van der Waals surface area (Å²) >= 11 is 5.00. The van der Waals surface area contributed by atoms with Crippen LogP contribution in [0.4, 0.5) is 0 Å².